The van der Waals surface area contributed by atoms with E-state index in [-0.39, 0.29) is 0 Å². The van der Waals surface area contributed by atoms with E-state index in [9.17, 15) is 0 Å². The molecule has 1 heterocycles. The van der Waals surface area contributed by atoms with Crippen molar-refractivity contribution in [3.63, 3.8) is 0 Å². The molecular formula is C52H37N3O. The van der Waals surface area contributed by atoms with Crippen molar-refractivity contribution in [2.45, 2.75) is 0 Å². The van der Waals surface area contributed by atoms with Gasteiger partial charge in [0.15, 0.2) is 5.58 Å². The van der Waals surface area contributed by atoms with Crippen LogP contribution in [0.25, 0.3) is 32.7 Å². The first kappa shape index (κ1) is 33.0. The van der Waals surface area contributed by atoms with Gasteiger partial charge in [-0.2, -0.15) is 0 Å². The third-order valence-electron chi connectivity index (χ3n) is 10.4. The van der Waals surface area contributed by atoms with Crippen LogP contribution in [0.2, 0.25) is 0 Å². The van der Waals surface area contributed by atoms with E-state index in [0.717, 1.165) is 83.9 Å². The fourth-order valence-electron chi connectivity index (χ4n) is 7.91. The van der Waals surface area contributed by atoms with Gasteiger partial charge in [0, 0.05) is 55.7 Å². The average Bonchev–Trinajstić information content (AvgIpc) is 3.65. The van der Waals surface area contributed by atoms with Crippen molar-refractivity contribution in [2.24, 2.45) is 0 Å². The Morgan fingerprint density at radius 1 is 0.250 bits per heavy atom. The molecule has 0 N–H and O–H groups in total. The Kier molecular flexibility index (Phi) is 8.47. The van der Waals surface area contributed by atoms with Crippen LogP contribution in [0.3, 0.4) is 0 Å². The molecule has 0 amide bonds. The van der Waals surface area contributed by atoms with E-state index in [1.54, 1.807) is 0 Å². The number of hydrogen-bond acceptors (Lipinski definition) is 4. The predicted molar refractivity (Wildman–Crippen MR) is 235 cm³/mol. The number of para-hydroxylation sites is 6. The Morgan fingerprint density at radius 2 is 0.589 bits per heavy atom. The number of benzene rings is 9. The summed E-state index contributed by atoms with van der Waals surface area (Å²) < 4.78 is 6.78. The molecule has 0 atom stereocenters. The lowest BCUT2D eigenvalue weighted by atomic mass is 10.0. The van der Waals surface area contributed by atoms with Crippen LogP contribution in [0.5, 0.6) is 0 Å². The van der Waals surface area contributed by atoms with E-state index in [4.69, 9.17) is 4.42 Å². The minimum Gasteiger partial charge on any atom is -0.454 e. The lowest BCUT2D eigenvalue weighted by Gasteiger charge is -2.32. The average molecular weight is 720 g/mol. The van der Waals surface area contributed by atoms with Crippen LogP contribution in [0.1, 0.15) is 0 Å². The molecule has 0 spiro atoms. The zero-order chi connectivity index (χ0) is 37.3. The van der Waals surface area contributed by atoms with Crippen LogP contribution in [0.15, 0.2) is 229 Å². The Bertz CT molecular complexity index is 2830. The van der Waals surface area contributed by atoms with Crippen LogP contribution >= 0.6 is 0 Å². The molecule has 0 saturated heterocycles. The van der Waals surface area contributed by atoms with Gasteiger partial charge >= 0.3 is 0 Å². The minimum atomic E-state index is 0.831. The summed E-state index contributed by atoms with van der Waals surface area (Å²) in [6.07, 6.45) is 0. The molecule has 9 aromatic carbocycles. The van der Waals surface area contributed by atoms with Crippen molar-refractivity contribution in [3.05, 3.63) is 224 Å². The van der Waals surface area contributed by atoms with Crippen LogP contribution in [0, 0.1) is 0 Å². The molecule has 266 valence electrons. The molecule has 0 radical (unpaired) electrons. The zero-order valence-corrected chi connectivity index (χ0v) is 30.6. The van der Waals surface area contributed by atoms with E-state index in [2.05, 4.69) is 233 Å². The molecule has 0 aliphatic carbocycles. The number of anilines is 9. The van der Waals surface area contributed by atoms with E-state index >= 15 is 0 Å². The monoisotopic (exact) mass is 719 g/mol. The Balaban J connectivity index is 1.25. The topological polar surface area (TPSA) is 22.9 Å². The number of rotatable bonds is 9. The quantitative estimate of drug-likeness (QED) is 0.148. The summed E-state index contributed by atoms with van der Waals surface area (Å²) in [6.45, 7) is 0. The maximum absolute atomic E-state index is 6.78. The summed E-state index contributed by atoms with van der Waals surface area (Å²) in [4.78, 5) is 7.04. The van der Waals surface area contributed by atoms with Crippen molar-refractivity contribution in [1.29, 1.82) is 0 Å². The highest BCUT2D eigenvalue weighted by Crippen LogP contribution is 2.49. The standard InChI is InChI=1S/C52H37N3O/c1-6-20-38(21-7-1)53(39-22-8-2-9-23-39)48-34-35-49(45-31-17-16-30-44(45)48)55(42-28-14-5-15-29-42)43-36-47-46-32-18-19-33-51(46)56-52(47)50(37-43)54(40-24-10-3-11-25-40)41-26-12-4-13-27-41/h1-37H. The van der Waals surface area contributed by atoms with Crippen molar-refractivity contribution in [3.8, 4) is 0 Å². The number of furan rings is 1. The predicted octanol–water partition coefficient (Wildman–Crippen LogP) is 15.1. The second kappa shape index (κ2) is 14.3. The third kappa shape index (κ3) is 5.90. The first-order valence-electron chi connectivity index (χ1n) is 18.9. The van der Waals surface area contributed by atoms with Gasteiger partial charge in [0.2, 0.25) is 0 Å². The molecule has 56 heavy (non-hydrogen) atoms. The normalized spacial score (nSPS) is 11.2. The molecule has 4 heteroatoms. The summed E-state index contributed by atoms with van der Waals surface area (Å²) in [5.74, 6) is 0. The van der Waals surface area contributed by atoms with E-state index in [1.807, 2.05) is 6.07 Å². The van der Waals surface area contributed by atoms with Crippen molar-refractivity contribution >= 4 is 83.9 Å². The van der Waals surface area contributed by atoms with Crippen LogP contribution in [0.4, 0.5) is 51.2 Å². The molecule has 10 aromatic rings. The second-order valence-corrected chi connectivity index (χ2v) is 13.8. The molecule has 10 rings (SSSR count). The van der Waals surface area contributed by atoms with Gasteiger partial charge in [0.05, 0.1) is 17.1 Å². The van der Waals surface area contributed by atoms with E-state index < -0.39 is 0 Å². The van der Waals surface area contributed by atoms with Crippen molar-refractivity contribution in [1.82, 2.24) is 0 Å². The minimum absolute atomic E-state index is 0.831. The van der Waals surface area contributed by atoms with Gasteiger partial charge in [-0.1, -0.05) is 133 Å². The molecule has 1 aromatic heterocycles. The smallest absolute Gasteiger partial charge is 0.159 e. The number of nitrogens with zero attached hydrogens (tertiary/aromatic N) is 3. The van der Waals surface area contributed by atoms with Crippen LogP contribution in [-0.2, 0) is 0 Å². The lowest BCUT2D eigenvalue weighted by Crippen LogP contribution is -2.14. The molecule has 0 aliphatic rings. The van der Waals surface area contributed by atoms with Crippen LogP contribution in [-0.4, -0.2) is 0 Å². The molecule has 0 bridgehead atoms. The molecule has 0 aliphatic heterocycles. The third-order valence-corrected chi connectivity index (χ3v) is 10.4. The maximum atomic E-state index is 6.78. The molecule has 0 unspecified atom stereocenters. The first-order chi connectivity index (χ1) is 27.8. The van der Waals surface area contributed by atoms with Gasteiger partial charge in [-0.05, 0) is 91.0 Å². The number of fused-ring (bicyclic) bond motifs is 4. The molecule has 0 fully saturated rings. The molecule has 4 nitrogen and oxygen atoms in total. The van der Waals surface area contributed by atoms with Gasteiger partial charge in [0.25, 0.3) is 0 Å². The summed E-state index contributed by atoms with van der Waals surface area (Å²) in [5.41, 5.74) is 11.2. The van der Waals surface area contributed by atoms with Gasteiger partial charge in [-0.15, -0.1) is 0 Å². The fourth-order valence-corrected chi connectivity index (χ4v) is 7.91. The van der Waals surface area contributed by atoms with Gasteiger partial charge in [-0.25, -0.2) is 0 Å². The summed E-state index contributed by atoms with van der Waals surface area (Å²) in [6, 6.07) is 79.1. The van der Waals surface area contributed by atoms with Gasteiger partial charge < -0.3 is 19.1 Å². The van der Waals surface area contributed by atoms with E-state index in [1.165, 1.54) is 0 Å². The Morgan fingerprint density at radius 3 is 1.02 bits per heavy atom. The summed E-state index contributed by atoms with van der Waals surface area (Å²) in [5, 5.41) is 4.39. The second-order valence-electron chi connectivity index (χ2n) is 13.8. The fraction of sp³-hybridized carbons (Fsp3) is 0. The van der Waals surface area contributed by atoms with Crippen molar-refractivity contribution in [2.75, 3.05) is 14.7 Å². The SMILES string of the molecule is c1ccc(N(c2ccccc2)c2ccc(N(c3ccccc3)c3cc(N(c4ccccc4)c4ccccc4)c4oc5ccccc5c4c3)c3ccccc23)cc1. The highest BCUT2D eigenvalue weighted by Gasteiger charge is 2.25. The number of hydrogen-bond donors (Lipinski definition) is 0. The van der Waals surface area contributed by atoms with E-state index in [0.29, 0.717) is 0 Å². The Labute approximate surface area is 326 Å². The van der Waals surface area contributed by atoms with Gasteiger partial charge in [-0.3, -0.25) is 0 Å². The Hall–Kier alpha value is -7.56. The highest BCUT2D eigenvalue weighted by molar-refractivity contribution is 6.13. The van der Waals surface area contributed by atoms with Gasteiger partial charge in [0.1, 0.15) is 5.58 Å². The largest absolute Gasteiger partial charge is 0.454 e. The zero-order valence-electron chi connectivity index (χ0n) is 30.6. The van der Waals surface area contributed by atoms with Crippen molar-refractivity contribution < 1.29 is 4.42 Å². The lowest BCUT2D eigenvalue weighted by molar-refractivity contribution is 0.669. The molecule has 0 saturated carbocycles. The molecular weight excluding hydrogens is 683 g/mol. The maximum Gasteiger partial charge on any atom is 0.159 e. The summed E-state index contributed by atoms with van der Waals surface area (Å²) >= 11 is 0. The summed E-state index contributed by atoms with van der Waals surface area (Å²) in [7, 11) is 0. The first-order valence-corrected chi connectivity index (χ1v) is 18.9. The van der Waals surface area contributed by atoms with Crippen LogP contribution < -0.4 is 14.7 Å². The highest BCUT2D eigenvalue weighted by atomic mass is 16.3.